The Balaban J connectivity index is 1.76. The summed E-state index contributed by atoms with van der Waals surface area (Å²) in [6, 6.07) is 13.0. The number of fused-ring (bicyclic) bond motifs is 1. The highest BCUT2D eigenvalue weighted by atomic mass is 19.4. The number of carbonyl (C=O) groups excluding carboxylic acids is 1. The molecule has 0 radical (unpaired) electrons. The number of alkyl halides is 3. The van der Waals surface area contributed by atoms with Crippen LogP contribution in [0.2, 0.25) is 0 Å². The average molecular weight is 386 g/mol. The molecule has 2 heterocycles. The number of likely N-dealkylation sites (tertiary alicyclic amines) is 1. The van der Waals surface area contributed by atoms with Gasteiger partial charge in [0.1, 0.15) is 0 Å². The fourth-order valence-electron chi connectivity index (χ4n) is 3.99. The van der Waals surface area contributed by atoms with Gasteiger partial charge in [-0.2, -0.15) is 13.2 Å². The molecule has 1 saturated heterocycles. The van der Waals surface area contributed by atoms with Gasteiger partial charge in [-0.15, -0.1) is 0 Å². The first-order valence-corrected chi connectivity index (χ1v) is 9.44. The maximum atomic E-state index is 13.3. The monoisotopic (exact) mass is 386 g/mol. The van der Waals surface area contributed by atoms with E-state index in [1.54, 1.807) is 6.07 Å². The van der Waals surface area contributed by atoms with Crippen LogP contribution in [0.25, 0.3) is 10.9 Å². The summed E-state index contributed by atoms with van der Waals surface area (Å²) >= 11 is 0. The lowest BCUT2D eigenvalue weighted by molar-refractivity contribution is -0.137. The number of aromatic amines is 1. The Kier molecular flexibility index (Phi) is 4.87. The molecule has 1 amide bonds. The van der Waals surface area contributed by atoms with Crippen molar-refractivity contribution >= 4 is 16.8 Å². The third-order valence-electron chi connectivity index (χ3n) is 5.45. The van der Waals surface area contributed by atoms with E-state index in [0.29, 0.717) is 5.56 Å². The molecule has 1 aliphatic rings. The SMILES string of the molecule is O=C(CC(c1cccc(C(F)(F)F)c1)c1c[nH]c2ccccc12)N1CCCC1. The first kappa shape index (κ1) is 18.6. The van der Waals surface area contributed by atoms with E-state index in [-0.39, 0.29) is 12.3 Å². The number of aromatic nitrogens is 1. The lowest BCUT2D eigenvalue weighted by atomic mass is 9.87. The number of benzene rings is 2. The van der Waals surface area contributed by atoms with Crippen LogP contribution < -0.4 is 0 Å². The summed E-state index contributed by atoms with van der Waals surface area (Å²) in [6.45, 7) is 1.45. The van der Waals surface area contributed by atoms with Gasteiger partial charge in [-0.25, -0.2) is 0 Å². The van der Waals surface area contributed by atoms with Crippen LogP contribution in [0.15, 0.2) is 54.7 Å². The molecule has 3 nitrogen and oxygen atoms in total. The van der Waals surface area contributed by atoms with Crippen LogP contribution in [-0.4, -0.2) is 28.9 Å². The van der Waals surface area contributed by atoms with Crippen molar-refractivity contribution in [2.24, 2.45) is 0 Å². The van der Waals surface area contributed by atoms with Crippen molar-refractivity contribution in [2.75, 3.05) is 13.1 Å². The van der Waals surface area contributed by atoms with Crippen LogP contribution in [0.5, 0.6) is 0 Å². The van der Waals surface area contributed by atoms with E-state index in [1.165, 1.54) is 12.1 Å². The van der Waals surface area contributed by atoms with Gasteiger partial charge in [0.25, 0.3) is 0 Å². The highest BCUT2D eigenvalue weighted by Gasteiger charge is 2.32. The molecule has 2 aromatic carbocycles. The van der Waals surface area contributed by atoms with E-state index in [4.69, 9.17) is 0 Å². The molecule has 1 N–H and O–H groups in total. The number of hydrogen-bond acceptors (Lipinski definition) is 1. The van der Waals surface area contributed by atoms with E-state index in [0.717, 1.165) is 48.5 Å². The second-order valence-electron chi connectivity index (χ2n) is 7.26. The summed E-state index contributed by atoms with van der Waals surface area (Å²) in [5.41, 5.74) is 1.57. The smallest absolute Gasteiger partial charge is 0.361 e. The third-order valence-corrected chi connectivity index (χ3v) is 5.45. The summed E-state index contributed by atoms with van der Waals surface area (Å²) in [4.78, 5) is 17.8. The first-order valence-electron chi connectivity index (χ1n) is 9.44. The van der Waals surface area contributed by atoms with Crippen LogP contribution in [0.4, 0.5) is 13.2 Å². The van der Waals surface area contributed by atoms with Gasteiger partial charge in [-0.3, -0.25) is 4.79 Å². The van der Waals surface area contributed by atoms with Crippen LogP contribution in [-0.2, 0) is 11.0 Å². The molecule has 6 heteroatoms. The summed E-state index contributed by atoms with van der Waals surface area (Å²) in [6.07, 6.45) is -0.490. The second kappa shape index (κ2) is 7.34. The Bertz CT molecular complexity index is 987. The maximum Gasteiger partial charge on any atom is 0.416 e. The molecule has 1 atom stereocenters. The molecule has 1 aromatic heterocycles. The molecule has 3 aromatic rings. The number of carbonyl (C=O) groups is 1. The van der Waals surface area contributed by atoms with Crippen molar-refractivity contribution in [1.82, 2.24) is 9.88 Å². The van der Waals surface area contributed by atoms with Gasteiger partial charge in [-0.1, -0.05) is 36.4 Å². The van der Waals surface area contributed by atoms with Crippen molar-refractivity contribution < 1.29 is 18.0 Å². The van der Waals surface area contributed by atoms with Gasteiger partial charge in [0, 0.05) is 42.5 Å². The van der Waals surface area contributed by atoms with Crippen LogP contribution in [0, 0.1) is 0 Å². The Morgan fingerprint density at radius 3 is 2.57 bits per heavy atom. The molecule has 0 spiro atoms. The average Bonchev–Trinajstić information content (AvgIpc) is 3.35. The molecule has 1 aliphatic heterocycles. The first-order chi connectivity index (χ1) is 13.4. The number of halogens is 3. The maximum absolute atomic E-state index is 13.3. The van der Waals surface area contributed by atoms with Gasteiger partial charge in [0.15, 0.2) is 0 Å². The highest BCUT2D eigenvalue weighted by molar-refractivity contribution is 5.86. The number of nitrogens with zero attached hydrogens (tertiary/aromatic N) is 1. The van der Waals surface area contributed by atoms with Crippen molar-refractivity contribution in [3.63, 3.8) is 0 Å². The Morgan fingerprint density at radius 1 is 1.07 bits per heavy atom. The summed E-state index contributed by atoms with van der Waals surface area (Å²) in [5, 5.41) is 0.930. The number of H-pyrrole nitrogens is 1. The summed E-state index contributed by atoms with van der Waals surface area (Å²) in [7, 11) is 0. The molecule has 1 fully saturated rings. The topological polar surface area (TPSA) is 36.1 Å². The molecular weight excluding hydrogens is 365 g/mol. The number of rotatable bonds is 4. The zero-order valence-electron chi connectivity index (χ0n) is 15.3. The quantitative estimate of drug-likeness (QED) is 0.646. The molecule has 0 bridgehead atoms. The normalized spacial score (nSPS) is 15.9. The number of amides is 1. The van der Waals surface area contributed by atoms with Gasteiger partial charge >= 0.3 is 6.18 Å². The summed E-state index contributed by atoms with van der Waals surface area (Å²) < 4.78 is 39.8. The molecule has 0 saturated carbocycles. The number of nitrogens with one attached hydrogen (secondary N) is 1. The van der Waals surface area contributed by atoms with E-state index >= 15 is 0 Å². The van der Waals surface area contributed by atoms with E-state index in [9.17, 15) is 18.0 Å². The molecule has 4 rings (SSSR count). The van der Waals surface area contributed by atoms with Crippen molar-refractivity contribution in [2.45, 2.75) is 31.4 Å². The van der Waals surface area contributed by atoms with Crippen molar-refractivity contribution in [1.29, 1.82) is 0 Å². The Hall–Kier alpha value is -2.76. The fraction of sp³-hybridized carbons (Fsp3) is 0.318. The molecular formula is C22H21F3N2O. The lowest BCUT2D eigenvalue weighted by Gasteiger charge is -2.22. The lowest BCUT2D eigenvalue weighted by Crippen LogP contribution is -2.29. The number of hydrogen-bond donors (Lipinski definition) is 1. The van der Waals surface area contributed by atoms with E-state index in [2.05, 4.69) is 4.98 Å². The Morgan fingerprint density at radius 2 is 1.82 bits per heavy atom. The van der Waals surface area contributed by atoms with Crippen LogP contribution in [0.3, 0.4) is 0 Å². The van der Waals surface area contributed by atoms with Crippen molar-refractivity contribution in [3.05, 3.63) is 71.4 Å². The predicted molar refractivity (Wildman–Crippen MR) is 102 cm³/mol. The van der Waals surface area contributed by atoms with Crippen molar-refractivity contribution in [3.8, 4) is 0 Å². The molecule has 28 heavy (non-hydrogen) atoms. The van der Waals surface area contributed by atoms with E-state index < -0.39 is 17.7 Å². The largest absolute Gasteiger partial charge is 0.416 e. The zero-order chi connectivity index (χ0) is 19.7. The third kappa shape index (κ3) is 3.63. The highest BCUT2D eigenvalue weighted by Crippen LogP contribution is 2.37. The zero-order valence-corrected chi connectivity index (χ0v) is 15.3. The van der Waals surface area contributed by atoms with Gasteiger partial charge in [-0.05, 0) is 36.1 Å². The molecule has 1 unspecified atom stereocenters. The second-order valence-corrected chi connectivity index (χ2v) is 7.26. The molecule has 146 valence electrons. The number of para-hydroxylation sites is 1. The minimum Gasteiger partial charge on any atom is -0.361 e. The summed E-state index contributed by atoms with van der Waals surface area (Å²) in [5.74, 6) is -0.447. The fourth-order valence-corrected chi connectivity index (χ4v) is 3.99. The predicted octanol–water partition coefficient (Wildman–Crippen LogP) is 5.33. The minimum absolute atomic E-state index is 0.00908. The van der Waals surface area contributed by atoms with Crippen LogP contribution in [0.1, 0.15) is 41.9 Å². The van der Waals surface area contributed by atoms with Gasteiger partial charge < -0.3 is 9.88 Å². The van der Waals surface area contributed by atoms with Crippen LogP contribution >= 0.6 is 0 Å². The Labute approximate surface area is 161 Å². The van der Waals surface area contributed by atoms with E-state index in [1.807, 2.05) is 35.4 Å². The minimum atomic E-state index is -4.42. The van der Waals surface area contributed by atoms with Gasteiger partial charge in [0.05, 0.1) is 5.56 Å². The van der Waals surface area contributed by atoms with Gasteiger partial charge in [0.2, 0.25) is 5.91 Å². The molecule has 0 aliphatic carbocycles. The standard InChI is InChI=1S/C22H21F3N2O/c23-22(24,25)16-7-5-6-15(12-16)18(13-21(28)27-10-3-4-11-27)19-14-26-20-9-2-1-8-17(19)20/h1-2,5-9,12,14,18,26H,3-4,10-11,13H2.